The fraction of sp³-hybridized carbons (Fsp3) is 0.500. The molecule has 0 spiro atoms. The van der Waals surface area contributed by atoms with Crippen molar-refractivity contribution in [1.82, 2.24) is 14.7 Å². The predicted octanol–water partition coefficient (Wildman–Crippen LogP) is 3.18. The number of rotatable bonds is 6. The van der Waals surface area contributed by atoms with Crippen LogP contribution in [0, 0.1) is 0 Å². The minimum absolute atomic E-state index is 0.0995. The Kier molecular flexibility index (Phi) is 5.30. The highest BCUT2D eigenvalue weighted by Gasteiger charge is 2.17. The fourth-order valence-corrected chi connectivity index (χ4v) is 3.36. The van der Waals surface area contributed by atoms with Crippen molar-refractivity contribution in [1.29, 1.82) is 0 Å². The summed E-state index contributed by atoms with van der Waals surface area (Å²) in [5, 5.41) is 9.24. The summed E-state index contributed by atoms with van der Waals surface area (Å²) < 4.78 is 7.44. The zero-order valence-electron chi connectivity index (χ0n) is 13.3. The first kappa shape index (κ1) is 16.0. The highest BCUT2D eigenvalue weighted by Crippen LogP contribution is 2.16. The Labute approximate surface area is 140 Å². The standard InChI is InChI=1S/C16H22N4O2S/c1-2-19(12-15-6-4-8-23-15)16(21)18-13-9-17-20(10-13)11-14-5-3-7-22-14/h4,6,8-10,14H,2-3,5,7,11-12H2,1H3,(H,18,21)/t14-/m1/s1. The van der Waals surface area contributed by atoms with Crippen LogP contribution in [0.4, 0.5) is 10.5 Å². The number of aromatic nitrogens is 2. The number of anilines is 1. The molecule has 0 aromatic carbocycles. The highest BCUT2D eigenvalue weighted by molar-refractivity contribution is 7.09. The first-order valence-corrected chi connectivity index (χ1v) is 8.85. The summed E-state index contributed by atoms with van der Waals surface area (Å²) in [6.07, 6.45) is 5.98. The maximum Gasteiger partial charge on any atom is 0.322 e. The lowest BCUT2D eigenvalue weighted by Crippen LogP contribution is -2.33. The van der Waals surface area contributed by atoms with Gasteiger partial charge in [-0.2, -0.15) is 5.10 Å². The molecule has 0 unspecified atom stereocenters. The molecule has 1 aliphatic rings. The second kappa shape index (κ2) is 7.61. The molecular formula is C16H22N4O2S. The van der Waals surface area contributed by atoms with E-state index < -0.39 is 0 Å². The third-order valence-electron chi connectivity index (χ3n) is 3.89. The molecule has 1 N–H and O–H groups in total. The molecule has 3 heterocycles. The average Bonchev–Trinajstić information content (AvgIpc) is 3.28. The number of carbonyl (C=O) groups is 1. The van der Waals surface area contributed by atoms with Gasteiger partial charge in [0, 0.05) is 24.2 Å². The van der Waals surface area contributed by atoms with Crippen molar-refractivity contribution in [3.63, 3.8) is 0 Å². The summed E-state index contributed by atoms with van der Waals surface area (Å²) >= 11 is 1.66. The van der Waals surface area contributed by atoms with Crippen LogP contribution in [-0.2, 0) is 17.8 Å². The number of amides is 2. The Bertz CT molecular complexity index is 620. The minimum Gasteiger partial charge on any atom is -0.376 e. The molecule has 124 valence electrons. The summed E-state index contributed by atoms with van der Waals surface area (Å²) in [5.74, 6) is 0. The Morgan fingerprint density at radius 3 is 3.22 bits per heavy atom. The van der Waals surface area contributed by atoms with E-state index in [9.17, 15) is 4.79 Å². The van der Waals surface area contributed by atoms with Gasteiger partial charge < -0.3 is 15.0 Å². The van der Waals surface area contributed by atoms with Crippen molar-refractivity contribution in [2.75, 3.05) is 18.5 Å². The van der Waals surface area contributed by atoms with E-state index in [0.29, 0.717) is 13.1 Å². The lowest BCUT2D eigenvalue weighted by Gasteiger charge is -2.20. The van der Waals surface area contributed by atoms with E-state index in [0.717, 1.165) is 31.7 Å². The molecule has 1 atom stereocenters. The predicted molar refractivity (Wildman–Crippen MR) is 90.6 cm³/mol. The zero-order valence-corrected chi connectivity index (χ0v) is 14.1. The van der Waals surface area contributed by atoms with Gasteiger partial charge in [0.15, 0.2) is 0 Å². The molecule has 2 amide bonds. The summed E-state index contributed by atoms with van der Waals surface area (Å²) in [6, 6.07) is 3.94. The normalized spacial score (nSPS) is 17.3. The second-order valence-corrected chi connectivity index (χ2v) is 6.64. The molecule has 7 heteroatoms. The Hall–Kier alpha value is -1.86. The van der Waals surface area contributed by atoms with E-state index in [-0.39, 0.29) is 12.1 Å². The number of thiophene rings is 1. The van der Waals surface area contributed by atoms with E-state index in [2.05, 4.69) is 10.4 Å². The van der Waals surface area contributed by atoms with E-state index in [1.54, 1.807) is 22.4 Å². The smallest absolute Gasteiger partial charge is 0.322 e. The van der Waals surface area contributed by atoms with Gasteiger partial charge in [-0.1, -0.05) is 6.07 Å². The van der Waals surface area contributed by atoms with Crippen LogP contribution in [0.15, 0.2) is 29.9 Å². The van der Waals surface area contributed by atoms with Gasteiger partial charge in [-0.3, -0.25) is 4.68 Å². The van der Waals surface area contributed by atoms with E-state index >= 15 is 0 Å². The molecule has 0 radical (unpaired) electrons. The number of ether oxygens (including phenoxy) is 1. The fourth-order valence-electron chi connectivity index (χ4n) is 2.65. The van der Waals surface area contributed by atoms with Crippen LogP contribution in [-0.4, -0.2) is 40.0 Å². The van der Waals surface area contributed by atoms with E-state index in [1.807, 2.05) is 35.3 Å². The lowest BCUT2D eigenvalue weighted by molar-refractivity contribution is 0.0940. The van der Waals surface area contributed by atoms with Crippen LogP contribution >= 0.6 is 11.3 Å². The summed E-state index contributed by atoms with van der Waals surface area (Å²) in [6.45, 7) is 4.85. The number of urea groups is 1. The number of carbonyl (C=O) groups excluding carboxylic acids is 1. The van der Waals surface area contributed by atoms with Crippen molar-refractivity contribution in [2.45, 2.75) is 39.0 Å². The van der Waals surface area contributed by atoms with Crippen molar-refractivity contribution in [2.24, 2.45) is 0 Å². The third kappa shape index (κ3) is 4.33. The number of nitrogens with one attached hydrogen (secondary N) is 1. The highest BCUT2D eigenvalue weighted by atomic mass is 32.1. The van der Waals surface area contributed by atoms with Gasteiger partial charge >= 0.3 is 6.03 Å². The van der Waals surface area contributed by atoms with Crippen LogP contribution < -0.4 is 5.32 Å². The second-order valence-electron chi connectivity index (χ2n) is 5.61. The molecule has 23 heavy (non-hydrogen) atoms. The Balaban J connectivity index is 1.54. The largest absolute Gasteiger partial charge is 0.376 e. The molecule has 0 saturated carbocycles. The molecular weight excluding hydrogens is 312 g/mol. The van der Waals surface area contributed by atoms with Crippen LogP contribution in [0.3, 0.4) is 0 Å². The lowest BCUT2D eigenvalue weighted by atomic mass is 10.2. The van der Waals surface area contributed by atoms with Crippen LogP contribution in [0.25, 0.3) is 0 Å². The molecule has 1 saturated heterocycles. The van der Waals surface area contributed by atoms with Crippen LogP contribution in [0.1, 0.15) is 24.6 Å². The molecule has 0 bridgehead atoms. The first-order valence-electron chi connectivity index (χ1n) is 7.97. The third-order valence-corrected chi connectivity index (χ3v) is 4.76. The molecule has 0 aliphatic carbocycles. The van der Waals surface area contributed by atoms with E-state index in [1.165, 1.54) is 4.88 Å². The van der Waals surface area contributed by atoms with Gasteiger partial charge in [0.2, 0.25) is 0 Å². The Morgan fingerprint density at radius 2 is 2.52 bits per heavy atom. The van der Waals surface area contributed by atoms with Crippen molar-refractivity contribution in [3.05, 3.63) is 34.8 Å². The van der Waals surface area contributed by atoms with Crippen LogP contribution in [0.2, 0.25) is 0 Å². The van der Waals surface area contributed by atoms with E-state index in [4.69, 9.17) is 4.74 Å². The quantitative estimate of drug-likeness (QED) is 0.882. The molecule has 1 aliphatic heterocycles. The molecule has 3 rings (SSSR count). The van der Waals surface area contributed by atoms with Gasteiger partial charge in [-0.05, 0) is 31.2 Å². The van der Waals surface area contributed by atoms with Crippen molar-refractivity contribution < 1.29 is 9.53 Å². The maximum absolute atomic E-state index is 12.4. The molecule has 2 aromatic rings. The topological polar surface area (TPSA) is 59.4 Å². The van der Waals surface area contributed by atoms with Crippen molar-refractivity contribution in [3.8, 4) is 0 Å². The Morgan fingerprint density at radius 1 is 1.61 bits per heavy atom. The molecule has 2 aromatic heterocycles. The number of nitrogens with zero attached hydrogens (tertiary/aromatic N) is 3. The molecule has 1 fully saturated rings. The minimum atomic E-state index is -0.0995. The maximum atomic E-state index is 12.4. The first-order chi connectivity index (χ1) is 11.2. The van der Waals surface area contributed by atoms with Crippen LogP contribution in [0.5, 0.6) is 0 Å². The molecule has 6 nitrogen and oxygen atoms in total. The van der Waals surface area contributed by atoms with Gasteiger partial charge in [0.1, 0.15) is 0 Å². The van der Waals surface area contributed by atoms with Gasteiger partial charge in [-0.25, -0.2) is 4.79 Å². The summed E-state index contributed by atoms with van der Waals surface area (Å²) in [7, 11) is 0. The van der Waals surface area contributed by atoms with Gasteiger partial charge in [-0.15, -0.1) is 11.3 Å². The van der Waals surface area contributed by atoms with Gasteiger partial charge in [0.25, 0.3) is 0 Å². The number of hydrogen-bond donors (Lipinski definition) is 1. The summed E-state index contributed by atoms with van der Waals surface area (Å²) in [5.41, 5.74) is 0.720. The SMILES string of the molecule is CCN(Cc1cccs1)C(=O)Nc1cnn(C[C@H]2CCCO2)c1. The van der Waals surface area contributed by atoms with Crippen molar-refractivity contribution >= 4 is 23.1 Å². The monoisotopic (exact) mass is 334 g/mol. The summed E-state index contributed by atoms with van der Waals surface area (Å²) in [4.78, 5) is 15.3. The number of hydrogen-bond acceptors (Lipinski definition) is 4. The van der Waals surface area contributed by atoms with Gasteiger partial charge in [0.05, 0.1) is 31.1 Å². The average molecular weight is 334 g/mol. The zero-order chi connectivity index (χ0) is 16.1.